The summed E-state index contributed by atoms with van der Waals surface area (Å²) in [5.41, 5.74) is 1.80. The number of nitrogens with one attached hydrogen (secondary N) is 1. The highest BCUT2D eigenvalue weighted by Crippen LogP contribution is 2.32. The van der Waals surface area contributed by atoms with Crippen molar-refractivity contribution in [2.24, 2.45) is 7.05 Å². The second kappa shape index (κ2) is 10.1. The zero-order chi connectivity index (χ0) is 23.4. The van der Waals surface area contributed by atoms with Crippen LogP contribution in [0.15, 0.2) is 64.6 Å². The van der Waals surface area contributed by atoms with Crippen molar-refractivity contribution in [3.8, 4) is 0 Å². The van der Waals surface area contributed by atoms with Crippen molar-refractivity contribution in [1.29, 1.82) is 0 Å². The zero-order valence-corrected chi connectivity index (χ0v) is 20.3. The first-order valence-corrected chi connectivity index (χ1v) is 13.2. The van der Waals surface area contributed by atoms with Gasteiger partial charge in [-0.3, -0.25) is 4.79 Å². The maximum Gasteiger partial charge on any atom is 0.243 e. The van der Waals surface area contributed by atoms with Crippen LogP contribution in [0, 0.1) is 0 Å². The monoisotopic (exact) mass is 485 g/mol. The number of hydrogen-bond acceptors (Lipinski definition) is 6. The molecule has 174 valence electrons. The second-order valence-corrected chi connectivity index (χ2v) is 10.9. The number of benzene rings is 2. The SMILES string of the molecule is CC(=O)Nc1ccc(S(=O)(=O)N2CCC(c3nnc(SCc4ccccc4)n3C)CC2)cc1. The lowest BCUT2D eigenvalue weighted by atomic mass is 9.97. The highest BCUT2D eigenvalue weighted by molar-refractivity contribution is 7.98. The molecule has 1 saturated heterocycles. The first-order chi connectivity index (χ1) is 15.8. The summed E-state index contributed by atoms with van der Waals surface area (Å²) in [4.78, 5) is 11.4. The topological polar surface area (TPSA) is 97.2 Å². The van der Waals surface area contributed by atoms with Gasteiger partial charge >= 0.3 is 0 Å². The first kappa shape index (κ1) is 23.5. The summed E-state index contributed by atoms with van der Waals surface area (Å²) in [6, 6.07) is 16.5. The number of piperidine rings is 1. The van der Waals surface area contributed by atoms with Gasteiger partial charge < -0.3 is 9.88 Å². The van der Waals surface area contributed by atoms with Crippen LogP contribution in [0.3, 0.4) is 0 Å². The molecule has 2 aromatic carbocycles. The summed E-state index contributed by atoms with van der Waals surface area (Å²) in [7, 11) is -1.61. The molecule has 1 aliphatic heterocycles. The molecular formula is C23H27N5O3S2. The van der Waals surface area contributed by atoms with Gasteiger partial charge in [-0.15, -0.1) is 10.2 Å². The number of hydrogen-bond donors (Lipinski definition) is 1. The van der Waals surface area contributed by atoms with Gasteiger partial charge in [0.25, 0.3) is 0 Å². The minimum Gasteiger partial charge on any atom is -0.326 e. The Morgan fingerprint density at radius 1 is 1.06 bits per heavy atom. The molecule has 0 unspecified atom stereocenters. The van der Waals surface area contributed by atoms with Crippen LogP contribution in [-0.2, 0) is 27.6 Å². The number of rotatable bonds is 7. The van der Waals surface area contributed by atoms with E-state index in [-0.39, 0.29) is 16.7 Å². The van der Waals surface area contributed by atoms with Gasteiger partial charge in [-0.1, -0.05) is 42.1 Å². The summed E-state index contributed by atoms with van der Waals surface area (Å²) in [5, 5.41) is 12.3. The highest BCUT2D eigenvalue weighted by atomic mass is 32.2. The molecule has 0 bridgehead atoms. The van der Waals surface area contributed by atoms with Gasteiger partial charge in [0.15, 0.2) is 5.16 Å². The molecule has 0 saturated carbocycles. The Labute approximate surface area is 198 Å². The van der Waals surface area contributed by atoms with E-state index in [9.17, 15) is 13.2 Å². The number of carbonyl (C=O) groups excluding carboxylic acids is 1. The van der Waals surface area contributed by atoms with Crippen LogP contribution in [0.25, 0.3) is 0 Å². The quantitative estimate of drug-likeness (QED) is 0.513. The fourth-order valence-electron chi connectivity index (χ4n) is 3.95. The Balaban J connectivity index is 1.37. The van der Waals surface area contributed by atoms with Crippen LogP contribution in [0.2, 0.25) is 0 Å². The standard InChI is InChI=1S/C23H27N5O3S2/c1-17(29)24-20-8-10-21(11-9-20)33(30,31)28-14-12-19(13-15-28)22-25-26-23(27(22)2)32-16-18-6-4-3-5-7-18/h3-11,19H,12-16H2,1-2H3,(H,24,29). The van der Waals surface area contributed by atoms with Crippen molar-refractivity contribution in [2.45, 2.75) is 41.5 Å². The molecule has 0 spiro atoms. The molecule has 1 fully saturated rings. The fraction of sp³-hybridized carbons (Fsp3) is 0.348. The van der Waals surface area contributed by atoms with Crippen LogP contribution in [0.5, 0.6) is 0 Å². The average molecular weight is 486 g/mol. The number of amides is 1. The molecule has 0 atom stereocenters. The number of anilines is 1. The molecule has 0 aliphatic carbocycles. The summed E-state index contributed by atoms with van der Waals surface area (Å²) in [5.74, 6) is 1.70. The van der Waals surface area contributed by atoms with E-state index in [1.165, 1.54) is 28.9 Å². The molecule has 1 amide bonds. The minimum absolute atomic E-state index is 0.169. The van der Waals surface area contributed by atoms with Crippen molar-refractivity contribution in [3.63, 3.8) is 0 Å². The fourth-order valence-corrected chi connectivity index (χ4v) is 6.29. The molecule has 0 radical (unpaired) electrons. The van der Waals surface area contributed by atoms with Gasteiger partial charge in [-0.25, -0.2) is 8.42 Å². The van der Waals surface area contributed by atoms with E-state index in [0.29, 0.717) is 31.6 Å². The normalized spacial score (nSPS) is 15.5. The Morgan fingerprint density at radius 2 is 1.73 bits per heavy atom. The van der Waals surface area contributed by atoms with E-state index in [1.54, 1.807) is 23.9 Å². The van der Waals surface area contributed by atoms with E-state index in [2.05, 4.69) is 27.6 Å². The Morgan fingerprint density at radius 3 is 2.36 bits per heavy atom. The van der Waals surface area contributed by atoms with Crippen LogP contribution in [0.1, 0.15) is 37.1 Å². The van der Waals surface area contributed by atoms with Crippen molar-refractivity contribution in [1.82, 2.24) is 19.1 Å². The van der Waals surface area contributed by atoms with Gasteiger partial charge in [-0.05, 0) is 42.7 Å². The maximum absolute atomic E-state index is 13.1. The number of thioether (sulfide) groups is 1. The number of sulfonamides is 1. The summed E-state index contributed by atoms with van der Waals surface area (Å²) in [6.45, 7) is 2.27. The van der Waals surface area contributed by atoms with E-state index < -0.39 is 10.0 Å². The van der Waals surface area contributed by atoms with Crippen LogP contribution < -0.4 is 5.32 Å². The number of carbonyl (C=O) groups is 1. The molecule has 10 heteroatoms. The second-order valence-electron chi connectivity index (χ2n) is 8.06. The van der Waals surface area contributed by atoms with Crippen molar-refractivity contribution >= 4 is 33.4 Å². The van der Waals surface area contributed by atoms with Gasteiger partial charge in [-0.2, -0.15) is 4.31 Å². The van der Waals surface area contributed by atoms with E-state index in [4.69, 9.17) is 0 Å². The molecule has 1 N–H and O–H groups in total. The third-order valence-electron chi connectivity index (χ3n) is 5.71. The van der Waals surface area contributed by atoms with E-state index in [1.807, 2.05) is 29.8 Å². The van der Waals surface area contributed by atoms with Crippen LogP contribution in [-0.4, -0.2) is 46.5 Å². The third-order valence-corrected chi connectivity index (χ3v) is 8.72. The van der Waals surface area contributed by atoms with Crippen LogP contribution in [0.4, 0.5) is 5.69 Å². The predicted molar refractivity (Wildman–Crippen MR) is 128 cm³/mol. The molecule has 4 rings (SSSR count). The molecular weight excluding hydrogens is 458 g/mol. The van der Waals surface area contributed by atoms with Gasteiger partial charge in [0.2, 0.25) is 15.9 Å². The summed E-state index contributed by atoms with van der Waals surface area (Å²) in [6.07, 6.45) is 1.39. The van der Waals surface area contributed by atoms with Crippen molar-refractivity contribution in [3.05, 3.63) is 66.0 Å². The summed E-state index contributed by atoms with van der Waals surface area (Å²) < 4.78 is 29.7. The lowest BCUT2D eigenvalue weighted by Crippen LogP contribution is -2.38. The average Bonchev–Trinajstić information content (AvgIpc) is 3.18. The van der Waals surface area contributed by atoms with E-state index >= 15 is 0 Å². The Bertz CT molecular complexity index is 1200. The first-order valence-electron chi connectivity index (χ1n) is 10.8. The molecule has 3 aromatic rings. The van der Waals surface area contributed by atoms with Crippen molar-refractivity contribution < 1.29 is 13.2 Å². The van der Waals surface area contributed by atoms with Gasteiger partial charge in [0.05, 0.1) is 4.90 Å². The maximum atomic E-state index is 13.1. The Kier molecular flexibility index (Phi) is 7.16. The van der Waals surface area contributed by atoms with E-state index in [0.717, 1.165) is 16.7 Å². The highest BCUT2D eigenvalue weighted by Gasteiger charge is 2.32. The van der Waals surface area contributed by atoms with Crippen LogP contribution >= 0.6 is 11.8 Å². The van der Waals surface area contributed by atoms with Crippen molar-refractivity contribution in [2.75, 3.05) is 18.4 Å². The largest absolute Gasteiger partial charge is 0.326 e. The molecule has 33 heavy (non-hydrogen) atoms. The molecule has 1 aromatic heterocycles. The third kappa shape index (κ3) is 5.45. The van der Waals surface area contributed by atoms with Gasteiger partial charge in [0.1, 0.15) is 5.82 Å². The number of nitrogens with zero attached hydrogens (tertiary/aromatic N) is 4. The Hall–Kier alpha value is -2.69. The molecule has 2 heterocycles. The molecule has 8 nitrogen and oxygen atoms in total. The lowest BCUT2D eigenvalue weighted by molar-refractivity contribution is -0.114. The lowest BCUT2D eigenvalue weighted by Gasteiger charge is -2.30. The zero-order valence-electron chi connectivity index (χ0n) is 18.6. The molecule has 1 aliphatic rings. The number of aromatic nitrogens is 3. The minimum atomic E-state index is -3.58. The van der Waals surface area contributed by atoms with Gasteiger partial charge in [0, 0.05) is 44.4 Å². The predicted octanol–water partition coefficient (Wildman–Crippen LogP) is 3.63. The smallest absolute Gasteiger partial charge is 0.243 e. The summed E-state index contributed by atoms with van der Waals surface area (Å²) >= 11 is 1.65.